The van der Waals surface area contributed by atoms with Crippen LogP contribution in [-0.4, -0.2) is 6.88 Å². The zero-order chi connectivity index (χ0) is 34.1. The molecule has 0 aromatic heterocycles. The first-order chi connectivity index (χ1) is 23.7. The molecule has 260 valence electrons. The van der Waals surface area contributed by atoms with Crippen molar-refractivity contribution in [3.05, 3.63) is 154 Å². The van der Waals surface area contributed by atoms with Gasteiger partial charge in [0.2, 0.25) is 0 Å². The van der Waals surface area contributed by atoms with Crippen LogP contribution < -0.4 is 0 Å². The van der Waals surface area contributed by atoms with Crippen LogP contribution in [0.15, 0.2) is 120 Å². The number of benzene rings is 6. The Bertz CT molecular complexity index is 2450. The van der Waals surface area contributed by atoms with Gasteiger partial charge in [-0.15, -0.1) is 24.8 Å². The fourth-order valence-electron chi connectivity index (χ4n) is 10.4. The fourth-order valence-corrected chi connectivity index (χ4v) is 34.4. The molecule has 2 aliphatic carbocycles. The van der Waals surface area contributed by atoms with Gasteiger partial charge in [-0.3, -0.25) is 0 Å². The van der Waals surface area contributed by atoms with E-state index in [1.54, 1.807) is 22.3 Å². The summed E-state index contributed by atoms with van der Waals surface area (Å²) in [5.41, 5.74) is 18.0. The van der Waals surface area contributed by atoms with Crippen LogP contribution in [-0.2, 0) is 17.4 Å². The van der Waals surface area contributed by atoms with Crippen molar-refractivity contribution in [2.45, 2.75) is 63.5 Å². The summed E-state index contributed by atoms with van der Waals surface area (Å²) in [6.07, 6.45) is 6.37. The average molecular weight is 805 g/mol. The van der Waals surface area contributed by atoms with E-state index in [1.165, 1.54) is 74.3 Å². The summed E-state index contributed by atoms with van der Waals surface area (Å²) >= 11 is -3.87. The van der Waals surface area contributed by atoms with Crippen molar-refractivity contribution in [3.8, 4) is 22.3 Å². The maximum absolute atomic E-state index is 3.87. The molecule has 0 N–H and O–H groups in total. The normalized spacial score (nSPS) is 16.6. The Balaban J connectivity index is 0.00000224. The van der Waals surface area contributed by atoms with E-state index in [4.69, 9.17) is 0 Å². The molecule has 2 aliphatic rings. The Hall–Kier alpha value is -3.00. The predicted octanol–water partition coefficient (Wildman–Crippen LogP) is 13.9. The van der Waals surface area contributed by atoms with Crippen molar-refractivity contribution < 1.29 is 17.4 Å². The third-order valence-electron chi connectivity index (χ3n) is 13.1. The first kappa shape index (κ1) is 37.7. The molecule has 0 saturated heterocycles. The second-order valence-electron chi connectivity index (χ2n) is 15.2. The van der Waals surface area contributed by atoms with Crippen LogP contribution >= 0.6 is 24.8 Å². The van der Waals surface area contributed by atoms with Crippen molar-refractivity contribution in [3.63, 3.8) is 0 Å². The molecular formula is C47H50Cl2SiZr. The van der Waals surface area contributed by atoms with E-state index in [-0.39, 0.29) is 24.8 Å². The molecule has 0 heterocycles. The van der Waals surface area contributed by atoms with E-state index >= 15 is 0 Å². The molecule has 0 amide bonds. The van der Waals surface area contributed by atoms with E-state index in [0.29, 0.717) is 7.25 Å². The largest absolute Gasteiger partial charge is 0.147 e. The van der Waals surface area contributed by atoms with Crippen molar-refractivity contribution in [2.75, 3.05) is 0 Å². The van der Waals surface area contributed by atoms with Crippen LogP contribution in [0.2, 0.25) is 8.26 Å². The zero-order valence-corrected chi connectivity index (χ0v) is 36.4. The summed E-state index contributed by atoms with van der Waals surface area (Å²) in [6, 6.07) is 41.2. The van der Waals surface area contributed by atoms with E-state index in [9.17, 15) is 0 Å². The molecule has 0 nitrogen and oxygen atoms in total. The summed E-state index contributed by atoms with van der Waals surface area (Å²) in [5, 5.41) is 5.32. The quantitative estimate of drug-likeness (QED) is 0.141. The first-order valence-electron chi connectivity index (χ1n) is 18.4. The molecule has 8 rings (SSSR count). The maximum atomic E-state index is 2.66. The molecule has 0 saturated carbocycles. The molecule has 6 aromatic carbocycles. The number of rotatable bonds is 7. The smallest absolute Gasteiger partial charge is 0.147 e. The molecule has 4 heteroatoms. The van der Waals surface area contributed by atoms with E-state index in [1.807, 2.05) is 0 Å². The van der Waals surface area contributed by atoms with Gasteiger partial charge in [0.25, 0.3) is 0 Å². The number of hydrogen-bond donors (Lipinski definition) is 0. The van der Waals surface area contributed by atoms with Crippen molar-refractivity contribution in [1.29, 1.82) is 0 Å². The van der Waals surface area contributed by atoms with Gasteiger partial charge < -0.3 is 0 Å². The van der Waals surface area contributed by atoms with Crippen molar-refractivity contribution >= 4 is 65.4 Å². The molecule has 6 aromatic rings. The second-order valence-corrected chi connectivity index (χ2v) is 42.8. The Morgan fingerprint density at radius 2 is 0.961 bits per heavy atom. The summed E-state index contributed by atoms with van der Waals surface area (Å²) in [4.78, 5) is 0. The Kier molecular flexibility index (Phi) is 10.4. The van der Waals surface area contributed by atoms with Gasteiger partial charge in [-0.2, -0.15) is 0 Å². The Morgan fingerprint density at radius 3 is 1.45 bits per heavy atom. The standard InChI is InChI=1S/C22H19.C21H17.2C2H5.2ClH.H2Si.Zr/c1-3-16-13-21-15(2)11-12-20(22(21)14-16)19-10-6-8-17-7-4-5-9-18(17)19;1-14-12-20-15(2)10-11-19(21(20)13-14)18-9-5-7-16-6-3-4-8-17(16)18;2*1-2;;;;/h4-14H,3H2,1-2H3;3-13H,1-2H3;2*1H2,2H3;2*1H;1H2;. The maximum Gasteiger partial charge on any atom is -0.147 e. The number of aryl methyl sites for hydroxylation is 2. The van der Waals surface area contributed by atoms with E-state index in [0.717, 1.165) is 6.42 Å². The molecule has 0 radical (unpaired) electrons. The number of fused-ring (bicyclic) bond motifs is 4. The molecule has 0 aliphatic heterocycles. The fraction of sp³-hybridized carbons (Fsp3) is 0.234. The first-order valence-corrected chi connectivity index (χ1v) is 30.6. The second kappa shape index (κ2) is 14.1. The Labute approximate surface area is 319 Å². The van der Waals surface area contributed by atoms with Gasteiger partial charge >= 0.3 is 297 Å². The number of allylic oxidation sites excluding steroid dienone is 2. The molecule has 0 bridgehead atoms. The molecule has 0 fully saturated rings. The number of halogens is 2. The van der Waals surface area contributed by atoms with Gasteiger partial charge in [0.1, 0.15) is 0 Å². The SMILES string of the molecule is CCC1=Cc2c(-c3cccc4ccccc34)ccc(C)c2[CH]1[Zr](=[SiH2])([CH2]C)([CH2]C)[CH]1C(C)=Cc2c(-c3cccc4ccccc34)ccc(C)c21.Cl.Cl. The molecule has 0 spiro atoms. The van der Waals surface area contributed by atoms with Crippen LogP contribution in [0.3, 0.4) is 0 Å². The summed E-state index contributed by atoms with van der Waals surface area (Å²) in [6.45, 7) is 17.4. The van der Waals surface area contributed by atoms with Crippen LogP contribution in [0, 0.1) is 13.8 Å². The van der Waals surface area contributed by atoms with E-state index in [2.05, 4.69) is 170 Å². The van der Waals surface area contributed by atoms with Crippen molar-refractivity contribution in [1.82, 2.24) is 0 Å². The zero-order valence-electron chi connectivity index (χ0n) is 30.8. The summed E-state index contributed by atoms with van der Waals surface area (Å²) in [5.74, 6) is 0. The van der Waals surface area contributed by atoms with Crippen LogP contribution in [0.25, 0.3) is 56.0 Å². The number of hydrogen-bond acceptors (Lipinski definition) is 0. The van der Waals surface area contributed by atoms with Crippen LogP contribution in [0.4, 0.5) is 0 Å². The molecule has 2 unspecified atom stereocenters. The average Bonchev–Trinajstić information content (AvgIpc) is 3.72. The minimum atomic E-state index is -3.87. The minimum Gasteiger partial charge on any atom is -0.147 e. The van der Waals surface area contributed by atoms with Gasteiger partial charge in [0.15, 0.2) is 0 Å². The molecule has 2 atom stereocenters. The van der Waals surface area contributed by atoms with Gasteiger partial charge in [0, 0.05) is 0 Å². The minimum absolute atomic E-state index is 0. The van der Waals surface area contributed by atoms with E-state index < -0.39 is 17.4 Å². The van der Waals surface area contributed by atoms with Crippen molar-refractivity contribution in [2.24, 2.45) is 0 Å². The summed E-state index contributed by atoms with van der Waals surface area (Å²) < 4.78 is 3.67. The van der Waals surface area contributed by atoms with Gasteiger partial charge in [-0.05, 0) is 0 Å². The molecule has 51 heavy (non-hydrogen) atoms. The van der Waals surface area contributed by atoms with Crippen LogP contribution in [0.1, 0.15) is 74.7 Å². The Morgan fingerprint density at radius 1 is 0.510 bits per heavy atom. The third-order valence-corrected chi connectivity index (χ3v) is 43.8. The van der Waals surface area contributed by atoms with Crippen LogP contribution in [0.5, 0.6) is 0 Å². The molecular weight excluding hydrogens is 755 g/mol. The third kappa shape index (κ3) is 5.55. The summed E-state index contributed by atoms with van der Waals surface area (Å²) in [7, 11) is 0. The monoisotopic (exact) mass is 802 g/mol. The van der Waals surface area contributed by atoms with Gasteiger partial charge in [-0.25, -0.2) is 0 Å². The predicted molar refractivity (Wildman–Crippen MR) is 230 cm³/mol. The topological polar surface area (TPSA) is 0 Å². The van der Waals surface area contributed by atoms with Gasteiger partial charge in [0.05, 0.1) is 0 Å². The van der Waals surface area contributed by atoms with Gasteiger partial charge in [-0.1, -0.05) is 0 Å².